The molecule has 0 spiro atoms. The van der Waals surface area contributed by atoms with Crippen LogP contribution in [0.5, 0.6) is 0 Å². The molecule has 2 heterocycles. The summed E-state index contributed by atoms with van der Waals surface area (Å²) in [4.78, 5) is 14.7. The fraction of sp³-hybridized carbons (Fsp3) is 0.452. The third-order valence-electron chi connectivity index (χ3n) is 8.28. The first kappa shape index (κ1) is 33.9. The third kappa shape index (κ3) is 8.05. The lowest BCUT2D eigenvalue weighted by Gasteiger charge is -2.27. The number of hydrogen-bond acceptors (Lipinski definition) is 7. The maximum absolute atomic E-state index is 6.14. The summed E-state index contributed by atoms with van der Waals surface area (Å²) >= 11 is 0. The number of nitrogens with zero attached hydrogens (tertiary/aromatic N) is 4. The zero-order chi connectivity index (χ0) is 26.4. The number of rotatable bonds is 10. The average Bonchev–Trinajstić information content (AvgIpc) is 3.66. The van der Waals surface area contributed by atoms with E-state index in [2.05, 4.69) is 81.2 Å². The molecule has 2 aromatic carbocycles. The minimum absolute atomic E-state index is 0. The highest BCUT2D eigenvalue weighted by Crippen LogP contribution is 2.33. The minimum Gasteiger partial charge on any atom is -0.367 e. The molecule has 0 aliphatic heterocycles. The van der Waals surface area contributed by atoms with E-state index in [1.165, 1.54) is 36.8 Å². The lowest BCUT2D eigenvalue weighted by Crippen LogP contribution is -2.33. The van der Waals surface area contributed by atoms with Crippen LogP contribution >= 0.6 is 37.2 Å². The second-order valence-corrected chi connectivity index (χ2v) is 11.0. The molecule has 2 saturated carbocycles. The van der Waals surface area contributed by atoms with Crippen LogP contribution in [0.15, 0.2) is 67.0 Å². The number of fused-ring (bicyclic) bond motifs is 1. The molecule has 4 aromatic rings. The summed E-state index contributed by atoms with van der Waals surface area (Å²) in [5.74, 6) is 1.48. The SMILES string of the molecule is Cl.Cl.Cl.NC1CCC(Nc2nc(NCCNC(c3ccccc3)c3ccccc3)c3ncn(C4CCCC4)c3n2)CC1. The summed E-state index contributed by atoms with van der Waals surface area (Å²) in [6.07, 6.45) is 11.1. The molecule has 0 atom stereocenters. The zero-order valence-corrected chi connectivity index (χ0v) is 26.3. The Kier molecular flexibility index (Phi) is 13.1. The van der Waals surface area contributed by atoms with Crippen molar-refractivity contribution in [1.29, 1.82) is 0 Å². The Hall–Kier alpha value is -2.62. The van der Waals surface area contributed by atoms with E-state index in [9.17, 15) is 0 Å². The number of nitrogens with two attached hydrogens (primary N) is 1. The molecule has 2 fully saturated rings. The number of aromatic nitrogens is 4. The first-order valence-electron chi connectivity index (χ1n) is 14.6. The van der Waals surface area contributed by atoms with Crippen molar-refractivity contribution in [3.63, 3.8) is 0 Å². The molecule has 0 radical (unpaired) electrons. The number of halogens is 3. The van der Waals surface area contributed by atoms with Crippen molar-refractivity contribution >= 4 is 60.2 Å². The normalized spacial score (nSPS) is 18.6. The first-order chi connectivity index (χ1) is 19.2. The molecule has 0 bridgehead atoms. The fourth-order valence-corrected chi connectivity index (χ4v) is 6.12. The molecule has 11 heteroatoms. The molecule has 2 aromatic heterocycles. The van der Waals surface area contributed by atoms with E-state index in [4.69, 9.17) is 20.7 Å². The Labute approximate surface area is 267 Å². The van der Waals surface area contributed by atoms with Crippen molar-refractivity contribution in [2.45, 2.75) is 75.5 Å². The Bertz CT molecular complexity index is 1300. The number of nitrogens with one attached hydrogen (secondary N) is 3. The highest BCUT2D eigenvalue weighted by Gasteiger charge is 2.24. The summed E-state index contributed by atoms with van der Waals surface area (Å²) in [5.41, 5.74) is 10.4. The number of imidazole rings is 1. The van der Waals surface area contributed by atoms with Crippen LogP contribution in [0.4, 0.5) is 11.8 Å². The Morgan fingerprint density at radius 1 is 0.786 bits per heavy atom. The second kappa shape index (κ2) is 16.3. The zero-order valence-electron chi connectivity index (χ0n) is 23.8. The van der Waals surface area contributed by atoms with Gasteiger partial charge in [0.1, 0.15) is 0 Å². The molecule has 2 aliphatic rings. The summed E-state index contributed by atoms with van der Waals surface area (Å²) < 4.78 is 2.27. The first-order valence-corrected chi connectivity index (χ1v) is 14.6. The van der Waals surface area contributed by atoms with Crippen molar-refractivity contribution in [2.75, 3.05) is 23.7 Å². The van der Waals surface area contributed by atoms with Crippen molar-refractivity contribution < 1.29 is 0 Å². The van der Waals surface area contributed by atoms with Crippen molar-refractivity contribution in [2.24, 2.45) is 5.73 Å². The maximum atomic E-state index is 6.14. The Morgan fingerprint density at radius 2 is 1.40 bits per heavy atom. The number of hydrogen-bond donors (Lipinski definition) is 4. The minimum atomic E-state index is 0. The van der Waals surface area contributed by atoms with E-state index >= 15 is 0 Å². The topological polar surface area (TPSA) is 106 Å². The van der Waals surface area contributed by atoms with Crippen LogP contribution in [0.2, 0.25) is 0 Å². The van der Waals surface area contributed by atoms with Gasteiger partial charge in [0.15, 0.2) is 17.0 Å². The van der Waals surface area contributed by atoms with Gasteiger partial charge >= 0.3 is 0 Å². The van der Waals surface area contributed by atoms with Crippen LogP contribution < -0.4 is 21.7 Å². The van der Waals surface area contributed by atoms with E-state index < -0.39 is 0 Å². The van der Waals surface area contributed by atoms with Crippen LogP contribution in [0.25, 0.3) is 11.2 Å². The molecule has 8 nitrogen and oxygen atoms in total. The van der Waals surface area contributed by atoms with E-state index in [0.29, 0.717) is 24.1 Å². The van der Waals surface area contributed by atoms with Gasteiger partial charge in [-0.25, -0.2) is 4.98 Å². The van der Waals surface area contributed by atoms with Crippen LogP contribution in [0, 0.1) is 0 Å². The van der Waals surface area contributed by atoms with Gasteiger partial charge < -0.3 is 26.3 Å². The molecule has 42 heavy (non-hydrogen) atoms. The standard InChI is InChI=1S/C31H40N8.3ClH/c32-24-15-17-25(18-16-24)36-31-37-29(28-30(38-31)39(21-35-28)26-13-7-8-14-26)34-20-19-33-27(22-9-3-1-4-10-22)23-11-5-2-6-12-23;;;/h1-6,9-12,21,24-27,33H,7-8,13-20,32H2,(H2,34,36,37,38);3*1H. The molecule has 2 aliphatic carbocycles. The Morgan fingerprint density at radius 3 is 2.02 bits per heavy atom. The predicted molar refractivity (Wildman–Crippen MR) is 180 cm³/mol. The molecule has 228 valence electrons. The second-order valence-electron chi connectivity index (χ2n) is 11.0. The lowest BCUT2D eigenvalue weighted by molar-refractivity contribution is 0.410. The molecular formula is C31H43Cl3N8. The lowest BCUT2D eigenvalue weighted by atomic mass is 9.92. The van der Waals surface area contributed by atoms with Crippen LogP contribution in [-0.2, 0) is 0 Å². The maximum Gasteiger partial charge on any atom is 0.227 e. The van der Waals surface area contributed by atoms with Gasteiger partial charge in [0.25, 0.3) is 0 Å². The number of anilines is 2. The molecular weight excluding hydrogens is 591 g/mol. The monoisotopic (exact) mass is 632 g/mol. The summed E-state index contributed by atoms with van der Waals surface area (Å²) in [6.45, 7) is 1.49. The van der Waals surface area contributed by atoms with Crippen molar-refractivity contribution in [3.8, 4) is 0 Å². The van der Waals surface area contributed by atoms with E-state index in [1.807, 2.05) is 6.33 Å². The molecule has 5 N–H and O–H groups in total. The third-order valence-corrected chi connectivity index (χ3v) is 8.28. The molecule has 6 rings (SSSR count). The highest BCUT2D eigenvalue weighted by atomic mass is 35.5. The van der Waals surface area contributed by atoms with E-state index in [-0.39, 0.29) is 43.3 Å². The highest BCUT2D eigenvalue weighted by molar-refractivity contribution is 5.86. The van der Waals surface area contributed by atoms with Gasteiger partial charge in [-0.3, -0.25) is 0 Å². The van der Waals surface area contributed by atoms with E-state index in [0.717, 1.165) is 55.8 Å². The summed E-state index contributed by atoms with van der Waals surface area (Å²) in [5, 5.41) is 10.9. The van der Waals surface area contributed by atoms with Gasteiger partial charge in [0, 0.05) is 31.2 Å². The fourth-order valence-electron chi connectivity index (χ4n) is 6.12. The molecule has 0 unspecified atom stereocenters. The van der Waals surface area contributed by atoms with Gasteiger partial charge in [-0.15, -0.1) is 37.2 Å². The van der Waals surface area contributed by atoms with Crippen molar-refractivity contribution in [1.82, 2.24) is 24.8 Å². The van der Waals surface area contributed by atoms with Gasteiger partial charge in [0.2, 0.25) is 5.95 Å². The molecule has 0 saturated heterocycles. The van der Waals surface area contributed by atoms with Crippen molar-refractivity contribution in [3.05, 3.63) is 78.1 Å². The Balaban J connectivity index is 0.00000161. The summed E-state index contributed by atoms with van der Waals surface area (Å²) in [6, 6.07) is 22.5. The van der Waals surface area contributed by atoms with Gasteiger partial charge in [-0.2, -0.15) is 9.97 Å². The van der Waals surface area contributed by atoms with E-state index in [1.54, 1.807) is 0 Å². The van der Waals surface area contributed by atoms with Crippen LogP contribution in [-0.4, -0.2) is 44.7 Å². The summed E-state index contributed by atoms with van der Waals surface area (Å²) in [7, 11) is 0. The predicted octanol–water partition coefficient (Wildman–Crippen LogP) is 6.68. The van der Waals surface area contributed by atoms with Gasteiger partial charge in [-0.05, 0) is 49.7 Å². The number of benzene rings is 2. The average molecular weight is 634 g/mol. The quantitative estimate of drug-likeness (QED) is 0.144. The van der Waals surface area contributed by atoms with Crippen LogP contribution in [0.1, 0.15) is 74.6 Å². The van der Waals surface area contributed by atoms with Gasteiger partial charge in [-0.1, -0.05) is 73.5 Å². The molecule has 0 amide bonds. The largest absolute Gasteiger partial charge is 0.367 e. The van der Waals surface area contributed by atoms with Gasteiger partial charge in [0.05, 0.1) is 12.4 Å². The smallest absolute Gasteiger partial charge is 0.227 e. The van der Waals surface area contributed by atoms with Crippen LogP contribution in [0.3, 0.4) is 0 Å².